The molecule has 3 aromatic carbocycles. The van der Waals surface area contributed by atoms with Crippen LogP contribution in [0.15, 0.2) is 66.7 Å². The molecule has 1 saturated heterocycles. The van der Waals surface area contributed by atoms with Crippen molar-refractivity contribution in [3.63, 3.8) is 0 Å². The quantitative estimate of drug-likeness (QED) is 0.104. The molecular weight excluding hydrogens is 677 g/mol. The van der Waals surface area contributed by atoms with Crippen molar-refractivity contribution in [1.82, 2.24) is 10.6 Å². The van der Waals surface area contributed by atoms with E-state index >= 15 is 0 Å². The number of rotatable bonds is 10. The molecule has 5 rings (SSSR count). The van der Waals surface area contributed by atoms with Crippen LogP contribution in [0.5, 0.6) is 11.5 Å². The van der Waals surface area contributed by atoms with Crippen LogP contribution < -0.4 is 55.1 Å². The fourth-order valence-electron chi connectivity index (χ4n) is 5.55. The van der Waals surface area contributed by atoms with E-state index in [0.717, 1.165) is 53.2 Å². The van der Waals surface area contributed by atoms with E-state index in [9.17, 15) is 14.4 Å². The molecule has 0 bridgehead atoms. The number of carbonyl (C=O) groups excluding carboxylic acids is 3. The molecule has 0 spiro atoms. The third-order valence-electron chi connectivity index (χ3n) is 7.72. The van der Waals surface area contributed by atoms with Crippen LogP contribution in [0.4, 0.5) is 16.2 Å². The average molecular weight is 716 g/mol. The summed E-state index contributed by atoms with van der Waals surface area (Å²) < 4.78 is 16.7. The third kappa shape index (κ3) is 8.53. The highest BCUT2D eigenvalue weighted by atomic mass is 127. The van der Waals surface area contributed by atoms with Crippen LogP contribution in [-0.2, 0) is 22.5 Å². The summed E-state index contributed by atoms with van der Waals surface area (Å²) in [4.78, 5) is 38.5. The van der Waals surface area contributed by atoms with Gasteiger partial charge in [0, 0.05) is 29.8 Å². The normalized spacial score (nSPS) is 18.9. The number of likely N-dealkylation sites (N-methyl/N-ethyl adjacent to an activating group) is 1. The number of nitrogens with two attached hydrogens (primary N) is 1. The summed E-state index contributed by atoms with van der Waals surface area (Å²) in [6, 6.07) is 18.2. The number of nitrogens with one attached hydrogen (secondary N) is 3. The topological polar surface area (TPSA) is 141 Å². The Labute approximate surface area is 274 Å². The second kappa shape index (κ2) is 14.6. The lowest BCUT2D eigenvalue weighted by molar-refractivity contribution is -0.911. The van der Waals surface area contributed by atoms with Gasteiger partial charge in [-0.1, -0.05) is 12.1 Å². The van der Waals surface area contributed by atoms with Gasteiger partial charge in [0.25, 0.3) is 0 Å². The van der Waals surface area contributed by atoms with Crippen molar-refractivity contribution in [3.8, 4) is 11.5 Å². The first-order valence-corrected chi connectivity index (χ1v) is 14.4. The first kappa shape index (κ1) is 32.9. The zero-order chi connectivity index (χ0) is 30.4. The third-order valence-corrected chi connectivity index (χ3v) is 7.72. The number of hydrogen-bond donors (Lipinski definition) is 4. The summed E-state index contributed by atoms with van der Waals surface area (Å²) in [6.07, 6.45) is 1.11. The minimum atomic E-state index is -0.823. The Hall–Kier alpha value is -4.04. The smallest absolute Gasteiger partial charge is 0.338 e. The van der Waals surface area contributed by atoms with Crippen LogP contribution in [-0.4, -0.2) is 68.0 Å². The molecule has 11 nitrogen and oxygen atoms in total. The van der Waals surface area contributed by atoms with Crippen LogP contribution >= 0.6 is 0 Å². The Bertz CT molecular complexity index is 1470. The van der Waals surface area contributed by atoms with Gasteiger partial charge < -0.3 is 64.4 Å². The molecule has 2 aliphatic heterocycles. The highest BCUT2D eigenvalue weighted by Gasteiger charge is 2.37. The van der Waals surface area contributed by atoms with E-state index in [1.54, 1.807) is 43.3 Å². The average Bonchev–Trinajstić information content (AvgIpc) is 3.60. The molecule has 3 aromatic rings. The molecule has 1 fully saturated rings. The van der Waals surface area contributed by atoms with Crippen molar-refractivity contribution in [2.45, 2.75) is 38.4 Å². The number of nitrogens with zero attached hydrogens (tertiary/aromatic N) is 1. The minimum absolute atomic E-state index is 0. The standard InChI is InChI=1S/C32H37N5O6.HI/c1-3-41-31(39)23-7-11-25(12-8-23)35-32(40)36-27(16-21-4-9-24(33)10-5-21)30(38)34-26-14-15-37(2,19-26)18-22-6-13-28-29(17-22)43-20-42-28;/h4-13,17,26-27H,3,14-16,18-20,33H2,1-2H3,(H2-,34,35,36,38,39,40);1H/t26-,27-,37?;/m0./s1. The molecule has 3 amide bonds. The molecule has 0 aromatic heterocycles. The number of fused-ring (bicyclic) bond motifs is 1. The van der Waals surface area contributed by atoms with Crippen LogP contribution in [0.25, 0.3) is 0 Å². The molecule has 5 N–H and O–H groups in total. The number of ether oxygens (including phenoxy) is 3. The van der Waals surface area contributed by atoms with E-state index in [-0.39, 0.29) is 55.7 Å². The Morgan fingerprint density at radius 3 is 2.43 bits per heavy atom. The molecule has 0 saturated carbocycles. The van der Waals surface area contributed by atoms with Gasteiger partial charge in [0.05, 0.1) is 38.3 Å². The number of nitrogen functional groups attached to an aromatic ring is 1. The van der Waals surface area contributed by atoms with Gasteiger partial charge in [0.15, 0.2) is 11.5 Å². The van der Waals surface area contributed by atoms with Crippen LogP contribution in [0, 0.1) is 0 Å². The number of anilines is 2. The summed E-state index contributed by atoms with van der Waals surface area (Å²) in [6.45, 7) is 4.71. The molecule has 2 aliphatic rings. The number of carbonyl (C=O) groups is 3. The summed E-state index contributed by atoms with van der Waals surface area (Å²) >= 11 is 0. The van der Waals surface area contributed by atoms with E-state index in [4.69, 9.17) is 19.9 Å². The molecule has 2 heterocycles. The van der Waals surface area contributed by atoms with Gasteiger partial charge in [-0.15, -0.1) is 0 Å². The molecular formula is C32H38IN5O6. The minimum Gasteiger partial charge on any atom is -1.00 e. The number of hydrogen-bond acceptors (Lipinski definition) is 7. The number of halogens is 1. The van der Waals surface area contributed by atoms with E-state index in [1.165, 1.54) is 0 Å². The highest BCUT2D eigenvalue weighted by Crippen LogP contribution is 2.34. The lowest BCUT2D eigenvalue weighted by atomic mass is 10.0. The summed E-state index contributed by atoms with van der Waals surface area (Å²) in [5.74, 6) is 0.829. The Morgan fingerprint density at radius 1 is 1.00 bits per heavy atom. The predicted molar refractivity (Wildman–Crippen MR) is 162 cm³/mol. The largest absolute Gasteiger partial charge is 1.00 e. The lowest BCUT2D eigenvalue weighted by Gasteiger charge is -2.30. The van der Waals surface area contributed by atoms with Crippen molar-refractivity contribution in [1.29, 1.82) is 0 Å². The maximum absolute atomic E-state index is 13.6. The SMILES string of the molecule is CCOC(=O)c1ccc(NC(=O)N[C@@H](Cc2ccc(N)cc2)C(=O)N[C@H]2CC[N+](C)(Cc3ccc4c(c3)OCO4)C2)cc1.[I-]. The Balaban J connectivity index is 0.00000442. The van der Waals surface area contributed by atoms with Gasteiger partial charge in [0.1, 0.15) is 12.6 Å². The van der Waals surface area contributed by atoms with Crippen LogP contribution in [0.1, 0.15) is 34.8 Å². The Morgan fingerprint density at radius 2 is 1.70 bits per heavy atom. The van der Waals surface area contributed by atoms with E-state index in [0.29, 0.717) is 16.9 Å². The molecule has 44 heavy (non-hydrogen) atoms. The van der Waals surface area contributed by atoms with E-state index < -0.39 is 18.0 Å². The first-order valence-electron chi connectivity index (χ1n) is 14.4. The monoisotopic (exact) mass is 715 g/mol. The second-order valence-corrected chi connectivity index (χ2v) is 11.3. The predicted octanol–water partition coefficient (Wildman–Crippen LogP) is 0.446. The molecule has 1 unspecified atom stereocenters. The Kier molecular flexibility index (Phi) is 10.9. The van der Waals surface area contributed by atoms with Crippen molar-refractivity contribution in [3.05, 3.63) is 83.4 Å². The number of benzene rings is 3. The number of amides is 3. The molecule has 12 heteroatoms. The summed E-state index contributed by atoms with van der Waals surface area (Å²) in [5, 5.41) is 8.75. The first-order chi connectivity index (χ1) is 20.7. The molecule has 234 valence electrons. The van der Waals surface area contributed by atoms with Gasteiger partial charge in [-0.25, -0.2) is 9.59 Å². The highest BCUT2D eigenvalue weighted by molar-refractivity contribution is 5.95. The van der Waals surface area contributed by atoms with Gasteiger partial charge in [-0.2, -0.15) is 0 Å². The molecule has 0 aliphatic carbocycles. The van der Waals surface area contributed by atoms with Crippen molar-refractivity contribution in [2.24, 2.45) is 0 Å². The van der Waals surface area contributed by atoms with Crippen LogP contribution in [0.2, 0.25) is 0 Å². The van der Waals surface area contributed by atoms with Crippen LogP contribution in [0.3, 0.4) is 0 Å². The summed E-state index contributed by atoms with van der Waals surface area (Å²) in [5.41, 5.74) is 9.33. The maximum Gasteiger partial charge on any atom is 0.338 e. The number of urea groups is 1. The van der Waals surface area contributed by atoms with E-state index in [1.807, 2.05) is 24.3 Å². The number of esters is 1. The van der Waals surface area contributed by atoms with Gasteiger partial charge in [-0.05, 0) is 67.1 Å². The second-order valence-electron chi connectivity index (χ2n) is 11.3. The summed E-state index contributed by atoms with van der Waals surface area (Å²) in [7, 11) is 2.18. The number of likely N-dealkylation sites (tertiary alicyclic amines) is 1. The van der Waals surface area contributed by atoms with Crippen molar-refractivity contribution >= 4 is 29.3 Å². The zero-order valence-electron chi connectivity index (χ0n) is 24.8. The van der Waals surface area contributed by atoms with Gasteiger partial charge >= 0.3 is 12.0 Å². The maximum atomic E-state index is 13.6. The van der Waals surface area contributed by atoms with Crippen molar-refractivity contribution < 1.29 is 57.1 Å². The zero-order valence-corrected chi connectivity index (χ0v) is 27.0. The van der Waals surface area contributed by atoms with Crippen molar-refractivity contribution in [2.75, 3.05) is 44.6 Å². The fourth-order valence-corrected chi connectivity index (χ4v) is 5.55. The fraction of sp³-hybridized carbons (Fsp3) is 0.344. The lowest BCUT2D eigenvalue weighted by Crippen LogP contribution is -3.00. The molecule has 0 radical (unpaired) electrons. The number of quaternary nitrogens is 1. The van der Waals surface area contributed by atoms with Gasteiger partial charge in [0.2, 0.25) is 12.7 Å². The van der Waals surface area contributed by atoms with E-state index in [2.05, 4.69) is 29.1 Å². The molecule has 3 atom stereocenters. The van der Waals surface area contributed by atoms with Gasteiger partial charge in [-0.3, -0.25) is 4.79 Å².